The highest BCUT2D eigenvalue weighted by atomic mass is 79.9. The number of allylic oxidation sites excluding steroid dienone is 1. The number of halogens is 1. The summed E-state index contributed by atoms with van der Waals surface area (Å²) < 4.78 is 0.779. The van der Waals surface area contributed by atoms with Gasteiger partial charge in [-0.25, -0.2) is 0 Å². The van der Waals surface area contributed by atoms with Crippen molar-refractivity contribution in [2.24, 2.45) is 0 Å². The summed E-state index contributed by atoms with van der Waals surface area (Å²) in [6.07, 6.45) is 9.79. The van der Waals surface area contributed by atoms with Crippen molar-refractivity contribution in [2.45, 2.75) is 64.7 Å². The van der Waals surface area contributed by atoms with E-state index in [-0.39, 0.29) is 11.3 Å². The first-order valence-electron chi connectivity index (χ1n) is 8.87. The number of carbonyl (C=O) groups is 2. The number of benzene rings is 1. The van der Waals surface area contributed by atoms with Crippen LogP contribution in [0.4, 0.5) is 0 Å². The number of unbranched alkanes of at least 4 members (excludes halogenated alkanes) is 7. The van der Waals surface area contributed by atoms with E-state index in [0.29, 0.717) is 17.5 Å². The van der Waals surface area contributed by atoms with Crippen LogP contribution in [0, 0.1) is 0 Å². The van der Waals surface area contributed by atoms with E-state index in [9.17, 15) is 14.7 Å². The predicted octanol–water partition coefficient (Wildman–Crippen LogP) is 6.01. The Morgan fingerprint density at radius 2 is 1.50 bits per heavy atom. The maximum absolute atomic E-state index is 12.2. The van der Waals surface area contributed by atoms with Gasteiger partial charge < -0.3 is 5.11 Å². The van der Waals surface area contributed by atoms with Crippen molar-refractivity contribution in [3.8, 4) is 0 Å². The van der Waals surface area contributed by atoms with Crippen molar-refractivity contribution in [2.75, 3.05) is 0 Å². The molecule has 0 amide bonds. The van der Waals surface area contributed by atoms with Gasteiger partial charge >= 0.3 is 0 Å². The molecule has 0 bridgehead atoms. The van der Waals surface area contributed by atoms with Gasteiger partial charge in [0, 0.05) is 21.2 Å². The van der Waals surface area contributed by atoms with Gasteiger partial charge in [-0.2, -0.15) is 0 Å². The lowest BCUT2D eigenvalue weighted by atomic mass is 9.86. The number of Topliss-reactive ketones (excluding diaryl/α,β-unsaturated/α-hetero) is 2. The molecule has 24 heavy (non-hydrogen) atoms. The number of carbonyl (C=O) groups excluding carboxylic acids is 2. The Morgan fingerprint density at radius 1 is 0.875 bits per heavy atom. The van der Waals surface area contributed by atoms with Gasteiger partial charge in [-0.1, -0.05) is 67.8 Å². The molecule has 0 unspecified atom stereocenters. The van der Waals surface area contributed by atoms with E-state index in [2.05, 4.69) is 22.9 Å². The Kier molecular flexibility index (Phi) is 7.22. The molecule has 2 rings (SSSR count). The van der Waals surface area contributed by atoms with Crippen LogP contribution in [-0.2, 0) is 4.79 Å². The molecule has 0 atom stereocenters. The second-order valence-corrected chi connectivity index (χ2v) is 7.32. The Hall–Kier alpha value is -1.42. The van der Waals surface area contributed by atoms with Crippen molar-refractivity contribution in [1.29, 1.82) is 0 Å². The molecule has 1 N–H and O–H groups in total. The van der Waals surface area contributed by atoms with Crippen LogP contribution < -0.4 is 0 Å². The Morgan fingerprint density at radius 3 is 2.17 bits per heavy atom. The highest BCUT2D eigenvalue weighted by Gasteiger charge is 2.32. The van der Waals surface area contributed by atoms with E-state index >= 15 is 0 Å². The average molecular weight is 393 g/mol. The molecule has 4 heteroatoms. The smallest absolute Gasteiger partial charge is 0.234 e. The van der Waals surface area contributed by atoms with Crippen LogP contribution in [0.15, 0.2) is 28.2 Å². The molecule has 1 aliphatic rings. The summed E-state index contributed by atoms with van der Waals surface area (Å²) >= 11 is 3.34. The third kappa shape index (κ3) is 4.56. The van der Waals surface area contributed by atoms with E-state index in [4.69, 9.17) is 0 Å². The van der Waals surface area contributed by atoms with E-state index in [1.807, 2.05) is 0 Å². The van der Waals surface area contributed by atoms with Gasteiger partial charge in [-0.15, -0.1) is 0 Å². The number of hydrogen-bond donors (Lipinski definition) is 1. The number of rotatable bonds is 9. The van der Waals surface area contributed by atoms with Gasteiger partial charge in [-0.05, 0) is 31.0 Å². The van der Waals surface area contributed by atoms with Gasteiger partial charge in [0.2, 0.25) is 11.6 Å². The zero-order valence-corrected chi connectivity index (χ0v) is 15.8. The molecule has 1 aliphatic carbocycles. The van der Waals surface area contributed by atoms with Crippen molar-refractivity contribution < 1.29 is 14.7 Å². The minimum Gasteiger partial charge on any atom is -0.507 e. The fourth-order valence-electron chi connectivity index (χ4n) is 3.11. The summed E-state index contributed by atoms with van der Waals surface area (Å²) in [6, 6.07) is 4.99. The first-order valence-corrected chi connectivity index (χ1v) is 9.66. The zero-order valence-electron chi connectivity index (χ0n) is 14.2. The molecule has 130 valence electrons. The molecule has 0 heterocycles. The molecular formula is C20H25BrO3. The third-order valence-electron chi connectivity index (χ3n) is 4.53. The highest BCUT2D eigenvalue weighted by Crippen LogP contribution is 2.32. The summed E-state index contributed by atoms with van der Waals surface area (Å²) in [7, 11) is 0. The fraction of sp³-hybridized carbons (Fsp3) is 0.500. The summed E-state index contributed by atoms with van der Waals surface area (Å²) in [5.74, 6) is -1.09. The minimum absolute atomic E-state index is 0.0288. The third-order valence-corrected chi connectivity index (χ3v) is 5.02. The molecule has 1 aromatic rings. The fourth-order valence-corrected chi connectivity index (χ4v) is 3.47. The van der Waals surface area contributed by atoms with Crippen LogP contribution in [0.25, 0.3) is 5.76 Å². The number of aliphatic hydroxyl groups excluding tert-OH is 1. The van der Waals surface area contributed by atoms with Crippen molar-refractivity contribution in [1.82, 2.24) is 0 Å². The predicted molar refractivity (Wildman–Crippen MR) is 100 cm³/mol. The lowest BCUT2D eigenvalue weighted by Gasteiger charge is -2.18. The second kappa shape index (κ2) is 9.16. The molecule has 3 nitrogen and oxygen atoms in total. The topological polar surface area (TPSA) is 54.4 Å². The monoisotopic (exact) mass is 392 g/mol. The number of fused-ring (bicyclic) bond motifs is 1. The lowest BCUT2D eigenvalue weighted by Crippen LogP contribution is -2.24. The molecule has 1 aromatic carbocycles. The van der Waals surface area contributed by atoms with Crippen molar-refractivity contribution in [3.05, 3.63) is 39.4 Å². The largest absolute Gasteiger partial charge is 0.507 e. The first-order chi connectivity index (χ1) is 11.6. The van der Waals surface area contributed by atoms with Crippen LogP contribution in [0.2, 0.25) is 0 Å². The van der Waals surface area contributed by atoms with Crippen molar-refractivity contribution in [3.63, 3.8) is 0 Å². The average Bonchev–Trinajstić information content (AvgIpc) is 2.58. The molecule has 0 saturated carbocycles. The summed E-state index contributed by atoms with van der Waals surface area (Å²) in [5.41, 5.74) is 1.03. The second-order valence-electron chi connectivity index (χ2n) is 6.40. The minimum atomic E-state index is -0.551. The Labute approximate surface area is 152 Å². The first kappa shape index (κ1) is 18.9. The quantitative estimate of drug-likeness (QED) is 0.413. The van der Waals surface area contributed by atoms with Gasteiger partial charge in [-0.3, -0.25) is 9.59 Å². The van der Waals surface area contributed by atoms with E-state index in [1.165, 1.54) is 32.1 Å². The SMILES string of the molecule is CCCCCCCCCCC1=C(O)c2cc(Br)ccc2C(=O)C1=O. The molecule has 0 radical (unpaired) electrons. The van der Waals surface area contributed by atoms with Crippen molar-refractivity contribution >= 4 is 33.3 Å². The van der Waals surface area contributed by atoms with E-state index in [0.717, 1.165) is 23.7 Å². The Bertz CT molecular complexity index is 646. The van der Waals surface area contributed by atoms with Crippen LogP contribution in [0.5, 0.6) is 0 Å². The lowest BCUT2D eigenvalue weighted by molar-refractivity contribution is -0.112. The summed E-state index contributed by atoms with van der Waals surface area (Å²) in [4.78, 5) is 24.5. The zero-order chi connectivity index (χ0) is 17.5. The van der Waals surface area contributed by atoms with E-state index < -0.39 is 11.6 Å². The number of hydrogen-bond acceptors (Lipinski definition) is 3. The summed E-state index contributed by atoms with van der Waals surface area (Å²) in [5, 5.41) is 10.4. The van der Waals surface area contributed by atoms with E-state index in [1.54, 1.807) is 18.2 Å². The maximum Gasteiger partial charge on any atom is 0.234 e. The standard InChI is InChI=1S/C20H25BrO3/c1-2-3-4-5-6-7-8-9-10-16-18(22)17-13-14(21)11-12-15(17)19(23)20(16)24/h11-13,22H,2-10H2,1H3. The van der Waals surface area contributed by atoms with Crippen LogP contribution >= 0.6 is 15.9 Å². The maximum atomic E-state index is 12.2. The molecule has 0 aliphatic heterocycles. The number of ketones is 2. The van der Waals surface area contributed by atoms with Gasteiger partial charge in [0.1, 0.15) is 5.76 Å². The van der Waals surface area contributed by atoms with Crippen LogP contribution in [-0.4, -0.2) is 16.7 Å². The highest BCUT2D eigenvalue weighted by molar-refractivity contribution is 9.10. The normalized spacial score (nSPS) is 14.2. The van der Waals surface area contributed by atoms with Crippen LogP contribution in [0.1, 0.15) is 80.6 Å². The molecule has 0 spiro atoms. The molecule has 0 saturated heterocycles. The summed E-state index contributed by atoms with van der Waals surface area (Å²) in [6.45, 7) is 2.21. The molecule has 0 aromatic heterocycles. The Balaban J connectivity index is 1.93. The molecular weight excluding hydrogens is 368 g/mol. The van der Waals surface area contributed by atoms with Crippen LogP contribution in [0.3, 0.4) is 0 Å². The molecule has 0 fully saturated rings. The number of aliphatic hydroxyl groups is 1. The van der Waals surface area contributed by atoms with Gasteiger partial charge in [0.05, 0.1) is 0 Å². The van der Waals surface area contributed by atoms with Gasteiger partial charge in [0.15, 0.2) is 0 Å². The van der Waals surface area contributed by atoms with Gasteiger partial charge in [0.25, 0.3) is 0 Å².